The van der Waals surface area contributed by atoms with Gasteiger partial charge in [0.1, 0.15) is 0 Å². The molecule has 0 aromatic heterocycles. The Kier molecular flexibility index (Phi) is 7.51. The molecule has 74 valence electrons. The Labute approximate surface area is 76.7 Å². The average molecular weight is 172 g/mol. The van der Waals surface area contributed by atoms with Crippen molar-refractivity contribution in [1.29, 1.82) is 0 Å². The Morgan fingerprint density at radius 3 is 1.42 bits per heavy atom. The summed E-state index contributed by atoms with van der Waals surface area (Å²) in [5, 5.41) is 0. The largest absolute Gasteiger partial charge is 0.326 e. The molecule has 0 aromatic carbocycles. The van der Waals surface area contributed by atoms with Crippen LogP contribution in [0.25, 0.3) is 0 Å². The number of rotatable bonds is 7. The molecule has 0 aliphatic rings. The average Bonchev–Trinajstić information content (AvgIpc) is 2.10. The fraction of sp³-hybridized carbons (Fsp3) is 1.00. The van der Waals surface area contributed by atoms with Gasteiger partial charge in [0.25, 0.3) is 0 Å². The topological polar surface area (TPSA) is 52.0 Å². The van der Waals surface area contributed by atoms with Crippen molar-refractivity contribution < 1.29 is 0 Å². The van der Waals surface area contributed by atoms with Crippen molar-refractivity contribution in [3.05, 3.63) is 0 Å². The lowest BCUT2D eigenvalue weighted by molar-refractivity contribution is 0.445. The van der Waals surface area contributed by atoms with Crippen LogP contribution in [0.15, 0.2) is 0 Å². The summed E-state index contributed by atoms with van der Waals surface area (Å²) in [5.41, 5.74) is 11.8. The lowest BCUT2D eigenvalue weighted by Crippen LogP contribution is -2.41. The number of hydrogen-bond acceptors (Lipinski definition) is 2. The predicted octanol–water partition coefficient (Wildman–Crippen LogP) is 2.02. The third-order valence-electron chi connectivity index (χ3n) is 2.33. The van der Waals surface area contributed by atoms with Crippen molar-refractivity contribution in [2.45, 2.75) is 64.5 Å². The molecule has 0 rings (SSSR count). The Balaban J connectivity index is 3.39. The highest BCUT2D eigenvalue weighted by atomic mass is 14.8. The molecule has 0 aliphatic heterocycles. The third-order valence-corrected chi connectivity index (χ3v) is 2.33. The predicted molar refractivity (Wildman–Crippen MR) is 55.0 cm³/mol. The molecule has 0 bridgehead atoms. The first-order valence-corrected chi connectivity index (χ1v) is 5.23. The highest BCUT2D eigenvalue weighted by molar-refractivity contribution is 4.75. The van der Waals surface area contributed by atoms with Crippen LogP contribution in [0, 0.1) is 0 Å². The van der Waals surface area contributed by atoms with E-state index in [1.54, 1.807) is 0 Å². The second kappa shape index (κ2) is 7.56. The molecule has 0 radical (unpaired) electrons. The van der Waals surface area contributed by atoms with E-state index in [2.05, 4.69) is 13.8 Å². The summed E-state index contributed by atoms with van der Waals surface area (Å²) in [6.45, 7) is 4.37. The lowest BCUT2D eigenvalue weighted by atomic mass is 9.99. The van der Waals surface area contributed by atoms with Crippen molar-refractivity contribution in [2.75, 3.05) is 0 Å². The van der Waals surface area contributed by atoms with Crippen LogP contribution in [0.5, 0.6) is 0 Å². The molecule has 0 saturated heterocycles. The number of unbranched alkanes of at least 4 members (excludes halogenated alkanes) is 2. The van der Waals surface area contributed by atoms with Crippen molar-refractivity contribution in [2.24, 2.45) is 11.5 Å². The minimum absolute atomic E-state index is 0.219. The molecule has 0 fully saturated rings. The maximum Gasteiger partial charge on any atom is 0.0192 e. The maximum absolute atomic E-state index is 5.92. The van der Waals surface area contributed by atoms with E-state index in [1.165, 1.54) is 25.7 Å². The van der Waals surface area contributed by atoms with Crippen LogP contribution in [-0.4, -0.2) is 12.1 Å². The van der Waals surface area contributed by atoms with Gasteiger partial charge in [-0.2, -0.15) is 0 Å². The van der Waals surface area contributed by atoms with E-state index >= 15 is 0 Å². The fourth-order valence-electron chi connectivity index (χ4n) is 1.31. The van der Waals surface area contributed by atoms with Gasteiger partial charge in [0, 0.05) is 12.1 Å². The van der Waals surface area contributed by atoms with Gasteiger partial charge in [-0.15, -0.1) is 0 Å². The molecule has 0 saturated carbocycles. The van der Waals surface area contributed by atoms with E-state index in [0.717, 1.165) is 12.8 Å². The first kappa shape index (κ1) is 11.9. The van der Waals surface area contributed by atoms with Gasteiger partial charge in [-0.05, 0) is 12.8 Å². The Morgan fingerprint density at radius 1 is 0.833 bits per heavy atom. The van der Waals surface area contributed by atoms with Gasteiger partial charge in [-0.1, -0.05) is 39.5 Å². The van der Waals surface area contributed by atoms with Crippen LogP contribution in [0.4, 0.5) is 0 Å². The summed E-state index contributed by atoms with van der Waals surface area (Å²) in [7, 11) is 0. The summed E-state index contributed by atoms with van der Waals surface area (Å²) in [6, 6.07) is 0.438. The summed E-state index contributed by atoms with van der Waals surface area (Å²) < 4.78 is 0. The van der Waals surface area contributed by atoms with Crippen molar-refractivity contribution in [1.82, 2.24) is 0 Å². The zero-order valence-corrected chi connectivity index (χ0v) is 8.55. The van der Waals surface area contributed by atoms with Crippen LogP contribution >= 0.6 is 0 Å². The van der Waals surface area contributed by atoms with Crippen molar-refractivity contribution in [3.63, 3.8) is 0 Å². The lowest BCUT2D eigenvalue weighted by Gasteiger charge is -2.19. The minimum atomic E-state index is 0.219. The zero-order chi connectivity index (χ0) is 9.40. The van der Waals surface area contributed by atoms with E-state index < -0.39 is 0 Å². The Morgan fingerprint density at radius 2 is 1.17 bits per heavy atom. The molecule has 2 unspecified atom stereocenters. The standard InChI is InChI=1S/C10H24N2/c1-3-5-7-9(11)10(12)8-6-4-2/h9-10H,3-8,11-12H2,1-2H3. The first-order chi connectivity index (χ1) is 5.72. The third kappa shape index (κ3) is 5.56. The molecular weight excluding hydrogens is 148 g/mol. The van der Waals surface area contributed by atoms with Crippen LogP contribution in [0.3, 0.4) is 0 Å². The molecule has 12 heavy (non-hydrogen) atoms. The monoisotopic (exact) mass is 172 g/mol. The SMILES string of the molecule is CCCCC(N)C(N)CCCC. The summed E-state index contributed by atoms with van der Waals surface area (Å²) in [5.74, 6) is 0. The van der Waals surface area contributed by atoms with Gasteiger partial charge in [0.15, 0.2) is 0 Å². The van der Waals surface area contributed by atoms with E-state index in [4.69, 9.17) is 11.5 Å². The smallest absolute Gasteiger partial charge is 0.0192 e. The van der Waals surface area contributed by atoms with Gasteiger partial charge in [-0.3, -0.25) is 0 Å². The van der Waals surface area contributed by atoms with Gasteiger partial charge >= 0.3 is 0 Å². The Bertz CT molecular complexity index is 81.8. The van der Waals surface area contributed by atoms with Crippen LogP contribution in [0.2, 0.25) is 0 Å². The van der Waals surface area contributed by atoms with Crippen molar-refractivity contribution >= 4 is 0 Å². The molecule has 0 aliphatic carbocycles. The molecule has 0 heterocycles. The maximum atomic E-state index is 5.92. The molecule has 0 amide bonds. The quantitative estimate of drug-likeness (QED) is 0.617. The molecule has 2 heteroatoms. The highest BCUT2D eigenvalue weighted by Gasteiger charge is 2.11. The molecule has 2 atom stereocenters. The molecule has 0 spiro atoms. The normalized spacial score (nSPS) is 16.0. The first-order valence-electron chi connectivity index (χ1n) is 5.23. The summed E-state index contributed by atoms with van der Waals surface area (Å²) >= 11 is 0. The fourth-order valence-corrected chi connectivity index (χ4v) is 1.31. The van der Waals surface area contributed by atoms with E-state index in [-0.39, 0.29) is 12.1 Å². The number of nitrogens with two attached hydrogens (primary N) is 2. The second-order valence-electron chi connectivity index (χ2n) is 3.61. The van der Waals surface area contributed by atoms with Gasteiger partial charge < -0.3 is 11.5 Å². The van der Waals surface area contributed by atoms with Crippen molar-refractivity contribution in [3.8, 4) is 0 Å². The van der Waals surface area contributed by atoms with E-state index in [1.807, 2.05) is 0 Å². The minimum Gasteiger partial charge on any atom is -0.326 e. The van der Waals surface area contributed by atoms with E-state index in [0.29, 0.717) is 0 Å². The zero-order valence-electron chi connectivity index (χ0n) is 8.55. The molecular formula is C10H24N2. The molecule has 4 N–H and O–H groups in total. The van der Waals surface area contributed by atoms with E-state index in [9.17, 15) is 0 Å². The van der Waals surface area contributed by atoms with Crippen LogP contribution in [0.1, 0.15) is 52.4 Å². The van der Waals surface area contributed by atoms with Crippen LogP contribution < -0.4 is 11.5 Å². The summed E-state index contributed by atoms with van der Waals surface area (Å²) in [6.07, 6.45) is 7.02. The Hall–Kier alpha value is -0.0800. The summed E-state index contributed by atoms with van der Waals surface area (Å²) in [4.78, 5) is 0. The number of hydrogen-bond donors (Lipinski definition) is 2. The highest BCUT2D eigenvalue weighted by Crippen LogP contribution is 2.06. The van der Waals surface area contributed by atoms with Gasteiger partial charge in [0.2, 0.25) is 0 Å². The van der Waals surface area contributed by atoms with Gasteiger partial charge in [-0.25, -0.2) is 0 Å². The van der Waals surface area contributed by atoms with Crippen LogP contribution in [-0.2, 0) is 0 Å². The van der Waals surface area contributed by atoms with Gasteiger partial charge in [0.05, 0.1) is 0 Å². The molecule has 2 nitrogen and oxygen atoms in total. The second-order valence-corrected chi connectivity index (χ2v) is 3.61. The molecule has 0 aromatic rings.